The summed E-state index contributed by atoms with van der Waals surface area (Å²) in [6.07, 6.45) is 3.40. The summed E-state index contributed by atoms with van der Waals surface area (Å²) in [5.41, 5.74) is 3.64. The number of imidazole rings is 1. The molecule has 0 saturated carbocycles. The maximum atomic E-state index is 10.8. The number of aryl methyl sites for hydroxylation is 1. The number of rotatable bonds is 5. The third-order valence-electron chi connectivity index (χ3n) is 3.45. The van der Waals surface area contributed by atoms with Gasteiger partial charge in [0.25, 0.3) is 6.47 Å². The van der Waals surface area contributed by atoms with Crippen LogP contribution in [0.3, 0.4) is 0 Å². The topological polar surface area (TPSA) is 55.6 Å². The Morgan fingerprint density at radius 1 is 1.36 bits per heavy atom. The second kappa shape index (κ2) is 6.07. The van der Waals surface area contributed by atoms with Crippen molar-refractivity contribution >= 4 is 29.4 Å². The SMILES string of the molecule is Cc1cc(Cl)ccc1CNc1ccc2nccn2c1OC=O. The van der Waals surface area contributed by atoms with Gasteiger partial charge in [0.1, 0.15) is 5.65 Å². The third-order valence-corrected chi connectivity index (χ3v) is 3.69. The number of ether oxygens (including phenoxy) is 1. The molecule has 1 aromatic carbocycles. The number of hydrogen-bond acceptors (Lipinski definition) is 4. The molecule has 2 heterocycles. The molecule has 0 atom stereocenters. The van der Waals surface area contributed by atoms with Crippen LogP contribution in [-0.2, 0) is 11.3 Å². The van der Waals surface area contributed by atoms with Gasteiger partial charge in [-0.25, -0.2) is 4.98 Å². The van der Waals surface area contributed by atoms with E-state index in [1.54, 1.807) is 16.8 Å². The fraction of sp³-hybridized carbons (Fsp3) is 0.125. The first kappa shape index (κ1) is 14.4. The van der Waals surface area contributed by atoms with Gasteiger partial charge in [-0.1, -0.05) is 17.7 Å². The van der Waals surface area contributed by atoms with E-state index in [4.69, 9.17) is 16.3 Å². The van der Waals surface area contributed by atoms with Gasteiger partial charge in [-0.3, -0.25) is 9.20 Å². The van der Waals surface area contributed by atoms with Crippen molar-refractivity contribution in [2.45, 2.75) is 13.5 Å². The number of hydrogen-bond donors (Lipinski definition) is 1. The van der Waals surface area contributed by atoms with E-state index in [2.05, 4.69) is 10.3 Å². The predicted molar refractivity (Wildman–Crippen MR) is 85.4 cm³/mol. The number of halogens is 1. The van der Waals surface area contributed by atoms with Crippen LogP contribution in [0.5, 0.6) is 5.88 Å². The Labute approximate surface area is 132 Å². The van der Waals surface area contributed by atoms with Crippen LogP contribution < -0.4 is 10.1 Å². The minimum Gasteiger partial charge on any atom is -0.409 e. The molecule has 0 bridgehead atoms. The Kier molecular flexibility index (Phi) is 3.98. The molecule has 0 aliphatic heterocycles. The van der Waals surface area contributed by atoms with Crippen molar-refractivity contribution in [1.82, 2.24) is 9.38 Å². The van der Waals surface area contributed by atoms with Gasteiger partial charge in [0.15, 0.2) is 0 Å². The number of pyridine rings is 1. The lowest BCUT2D eigenvalue weighted by molar-refractivity contribution is -0.120. The summed E-state index contributed by atoms with van der Waals surface area (Å²) in [4.78, 5) is 14.9. The Balaban J connectivity index is 1.89. The molecular formula is C16H14ClN3O2. The van der Waals surface area contributed by atoms with Gasteiger partial charge in [-0.05, 0) is 42.3 Å². The fourth-order valence-corrected chi connectivity index (χ4v) is 2.54. The number of anilines is 1. The van der Waals surface area contributed by atoms with Gasteiger partial charge in [-0.15, -0.1) is 0 Å². The van der Waals surface area contributed by atoms with E-state index in [1.165, 1.54) is 0 Å². The summed E-state index contributed by atoms with van der Waals surface area (Å²) in [6.45, 7) is 3.01. The second-order valence-electron chi connectivity index (χ2n) is 4.85. The number of nitrogens with one attached hydrogen (secondary N) is 1. The van der Waals surface area contributed by atoms with Gasteiger partial charge in [0.2, 0.25) is 5.88 Å². The first-order chi connectivity index (χ1) is 10.7. The van der Waals surface area contributed by atoms with Crippen LogP contribution in [-0.4, -0.2) is 15.9 Å². The van der Waals surface area contributed by atoms with Crippen molar-refractivity contribution in [3.8, 4) is 5.88 Å². The molecule has 22 heavy (non-hydrogen) atoms. The lowest BCUT2D eigenvalue weighted by atomic mass is 10.1. The zero-order valence-corrected chi connectivity index (χ0v) is 12.7. The van der Waals surface area contributed by atoms with Gasteiger partial charge < -0.3 is 10.1 Å². The smallest absolute Gasteiger partial charge is 0.299 e. The normalized spacial score (nSPS) is 10.6. The molecule has 112 valence electrons. The van der Waals surface area contributed by atoms with E-state index in [0.717, 1.165) is 11.1 Å². The Morgan fingerprint density at radius 3 is 3.00 bits per heavy atom. The van der Waals surface area contributed by atoms with Crippen LogP contribution in [0.15, 0.2) is 42.7 Å². The van der Waals surface area contributed by atoms with Crippen LogP contribution in [0, 0.1) is 6.92 Å². The first-order valence-electron chi connectivity index (χ1n) is 6.74. The van der Waals surface area contributed by atoms with Crippen molar-refractivity contribution in [3.05, 3.63) is 58.9 Å². The molecule has 0 aliphatic rings. The summed E-state index contributed by atoms with van der Waals surface area (Å²) in [5, 5.41) is 3.99. The van der Waals surface area contributed by atoms with Crippen LogP contribution in [0.1, 0.15) is 11.1 Å². The summed E-state index contributed by atoms with van der Waals surface area (Å²) in [5.74, 6) is 0.414. The molecule has 2 aromatic heterocycles. The zero-order valence-electron chi connectivity index (χ0n) is 11.9. The maximum Gasteiger partial charge on any atom is 0.299 e. The highest BCUT2D eigenvalue weighted by Gasteiger charge is 2.10. The molecule has 1 N–H and O–H groups in total. The average molecular weight is 316 g/mol. The molecule has 0 amide bonds. The van der Waals surface area contributed by atoms with Gasteiger partial charge >= 0.3 is 0 Å². The second-order valence-corrected chi connectivity index (χ2v) is 5.28. The van der Waals surface area contributed by atoms with E-state index < -0.39 is 0 Å². The highest BCUT2D eigenvalue weighted by Crippen LogP contribution is 2.26. The Hall–Kier alpha value is -2.53. The monoisotopic (exact) mass is 315 g/mol. The number of benzene rings is 1. The number of carbonyl (C=O) groups excluding carboxylic acids is 1. The average Bonchev–Trinajstić information content (AvgIpc) is 2.97. The molecule has 0 radical (unpaired) electrons. The largest absolute Gasteiger partial charge is 0.409 e. The van der Waals surface area contributed by atoms with E-state index in [0.29, 0.717) is 35.3 Å². The molecule has 3 aromatic rings. The van der Waals surface area contributed by atoms with Crippen molar-refractivity contribution in [2.75, 3.05) is 5.32 Å². The van der Waals surface area contributed by atoms with Crippen LogP contribution in [0.4, 0.5) is 5.69 Å². The Morgan fingerprint density at radius 2 is 2.23 bits per heavy atom. The summed E-state index contributed by atoms with van der Waals surface area (Å²) >= 11 is 5.96. The number of nitrogens with zero attached hydrogens (tertiary/aromatic N) is 2. The quantitative estimate of drug-likeness (QED) is 0.733. The summed E-state index contributed by atoms with van der Waals surface area (Å²) in [7, 11) is 0. The highest BCUT2D eigenvalue weighted by molar-refractivity contribution is 6.30. The van der Waals surface area contributed by atoms with E-state index in [-0.39, 0.29) is 0 Å². The highest BCUT2D eigenvalue weighted by atomic mass is 35.5. The van der Waals surface area contributed by atoms with E-state index >= 15 is 0 Å². The molecule has 0 aliphatic carbocycles. The molecular weight excluding hydrogens is 302 g/mol. The van der Waals surface area contributed by atoms with Crippen LogP contribution in [0.2, 0.25) is 5.02 Å². The number of fused-ring (bicyclic) bond motifs is 1. The predicted octanol–water partition coefficient (Wildman–Crippen LogP) is 3.44. The van der Waals surface area contributed by atoms with Crippen LogP contribution in [0.25, 0.3) is 5.65 Å². The molecule has 0 spiro atoms. The lowest BCUT2D eigenvalue weighted by Gasteiger charge is -2.13. The molecule has 0 saturated heterocycles. The van der Waals surface area contributed by atoms with E-state index in [9.17, 15) is 4.79 Å². The first-order valence-corrected chi connectivity index (χ1v) is 7.12. The van der Waals surface area contributed by atoms with E-state index in [1.807, 2.05) is 37.3 Å². The van der Waals surface area contributed by atoms with Crippen molar-refractivity contribution in [2.24, 2.45) is 0 Å². The summed E-state index contributed by atoms with van der Waals surface area (Å²) in [6, 6.07) is 9.44. The van der Waals surface area contributed by atoms with Crippen molar-refractivity contribution in [3.63, 3.8) is 0 Å². The zero-order chi connectivity index (χ0) is 15.5. The molecule has 5 nitrogen and oxygen atoms in total. The van der Waals surface area contributed by atoms with Gasteiger partial charge in [0.05, 0.1) is 5.69 Å². The molecule has 0 fully saturated rings. The summed E-state index contributed by atoms with van der Waals surface area (Å²) < 4.78 is 6.82. The third kappa shape index (κ3) is 2.76. The minimum absolute atomic E-state index is 0.410. The molecule has 6 heteroatoms. The van der Waals surface area contributed by atoms with Gasteiger partial charge in [0, 0.05) is 24.0 Å². The number of aromatic nitrogens is 2. The van der Waals surface area contributed by atoms with Crippen molar-refractivity contribution in [1.29, 1.82) is 0 Å². The number of carbonyl (C=O) groups is 1. The fourth-order valence-electron chi connectivity index (χ4n) is 2.32. The van der Waals surface area contributed by atoms with Crippen molar-refractivity contribution < 1.29 is 9.53 Å². The molecule has 0 unspecified atom stereocenters. The Bertz CT molecular complexity index is 829. The minimum atomic E-state index is 0.410. The standard InChI is InChI=1S/C16H14ClN3O2/c1-11-8-13(17)3-2-12(11)9-19-14-4-5-15-18-6-7-20(15)16(14)22-10-21/h2-8,10,19H,9H2,1H3. The maximum absolute atomic E-state index is 10.8. The van der Waals surface area contributed by atoms with Gasteiger partial charge in [-0.2, -0.15) is 0 Å². The van der Waals surface area contributed by atoms with Crippen LogP contribution >= 0.6 is 11.6 Å². The lowest BCUT2D eigenvalue weighted by Crippen LogP contribution is -2.06. The molecule has 3 rings (SSSR count).